The molecule has 2 aromatic carbocycles. The van der Waals surface area contributed by atoms with Crippen molar-refractivity contribution in [3.05, 3.63) is 71.4 Å². The van der Waals surface area contributed by atoms with Crippen LogP contribution in [0.3, 0.4) is 0 Å². The van der Waals surface area contributed by atoms with Gasteiger partial charge in [-0.05, 0) is 50.2 Å². The van der Waals surface area contributed by atoms with Crippen LogP contribution in [-0.4, -0.2) is 30.0 Å². The van der Waals surface area contributed by atoms with Crippen LogP contribution in [0.25, 0.3) is 10.9 Å². The third-order valence-corrected chi connectivity index (χ3v) is 4.09. The van der Waals surface area contributed by atoms with Gasteiger partial charge >= 0.3 is 5.97 Å². The molecule has 1 aromatic heterocycles. The molecule has 0 amide bonds. The maximum absolute atomic E-state index is 12.6. The van der Waals surface area contributed by atoms with Crippen molar-refractivity contribution in [3.8, 4) is 5.75 Å². The van der Waals surface area contributed by atoms with Gasteiger partial charge in [0.05, 0.1) is 18.2 Å². The minimum atomic E-state index is -0.900. The normalized spacial score (nSPS) is 11.8. The second kappa shape index (κ2) is 7.35. The quantitative estimate of drug-likeness (QED) is 0.515. The van der Waals surface area contributed by atoms with Crippen LogP contribution in [0.15, 0.2) is 54.6 Å². The second-order valence-corrected chi connectivity index (χ2v) is 5.97. The lowest BCUT2D eigenvalue weighted by atomic mass is 10.1. The first-order valence-electron chi connectivity index (χ1n) is 8.25. The van der Waals surface area contributed by atoms with Crippen molar-refractivity contribution in [2.24, 2.45) is 0 Å². The number of ketones is 1. The maximum Gasteiger partial charge on any atom is 0.339 e. The number of aromatic nitrogens is 1. The van der Waals surface area contributed by atoms with E-state index >= 15 is 0 Å². The van der Waals surface area contributed by atoms with E-state index in [0.717, 1.165) is 0 Å². The van der Waals surface area contributed by atoms with E-state index in [1.807, 2.05) is 31.2 Å². The number of methoxy groups -OCH3 is 1. The number of esters is 1. The first-order valence-corrected chi connectivity index (χ1v) is 8.25. The highest BCUT2D eigenvalue weighted by Crippen LogP contribution is 2.20. The molecule has 0 bridgehead atoms. The van der Waals surface area contributed by atoms with Crippen molar-refractivity contribution >= 4 is 22.7 Å². The number of hydrogen-bond donors (Lipinski definition) is 0. The fourth-order valence-corrected chi connectivity index (χ4v) is 2.74. The number of ether oxygens (including phenoxy) is 2. The molecule has 132 valence electrons. The van der Waals surface area contributed by atoms with Crippen LogP contribution < -0.4 is 4.74 Å². The van der Waals surface area contributed by atoms with E-state index in [9.17, 15) is 9.59 Å². The summed E-state index contributed by atoms with van der Waals surface area (Å²) >= 11 is 0. The van der Waals surface area contributed by atoms with Crippen LogP contribution in [-0.2, 0) is 4.74 Å². The van der Waals surface area contributed by atoms with Crippen molar-refractivity contribution in [1.82, 2.24) is 4.98 Å². The monoisotopic (exact) mass is 349 g/mol. The van der Waals surface area contributed by atoms with Gasteiger partial charge in [0.2, 0.25) is 5.78 Å². The van der Waals surface area contributed by atoms with Gasteiger partial charge in [0, 0.05) is 16.6 Å². The van der Waals surface area contributed by atoms with Crippen molar-refractivity contribution in [2.45, 2.75) is 20.0 Å². The summed E-state index contributed by atoms with van der Waals surface area (Å²) in [5.41, 5.74) is 2.29. The van der Waals surface area contributed by atoms with Gasteiger partial charge in [0.15, 0.2) is 6.10 Å². The Morgan fingerprint density at radius 1 is 1.04 bits per heavy atom. The number of rotatable bonds is 5. The molecule has 0 unspecified atom stereocenters. The van der Waals surface area contributed by atoms with E-state index < -0.39 is 12.1 Å². The van der Waals surface area contributed by atoms with E-state index in [-0.39, 0.29) is 5.78 Å². The number of Topliss-reactive ketones (excluding diaryl/α,β-unsaturated/α-hetero) is 1. The van der Waals surface area contributed by atoms with Crippen molar-refractivity contribution in [1.29, 1.82) is 0 Å². The van der Waals surface area contributed by atoms with Crippen LogP contribution in [0.4, 0.5) is 0 Å². The molecule has 0 aliphatic carbocycles. The number of aryl methyl sites for hydroxylation is 1. The number of para-hydroxylation sites is 1. The van der Waals surface area contributed by atoms with E-state index in [1.54, 1.807) is 44.4 Å². The Labute approximate surface area is 151 Å². The predicted octanol–water partition coefficient (Wildman–Crippen LogP) is 3.98. The molecule has 0 saturated heterocycles. The zero-order chi connectivity index (χ0) is 18.7. The Kier molecular flexibility index (Phi) is 4.98. The van der Waals surface area contributed by atoms with E-state index in [0.29, 0.717) is 33.5 Å². The highest BCUT2D eigenvalue weighted by molar-refractivity contribution is 6.06. The lowest BCUT2D eigenvalue weighted by Crippen LogP contribution is -2.24. The molecular formula is C21H19NO4. The van der Waals surface area contributed by atoms with Crippen LogP contribution in [0.2, 0.25) is 0 Å². The summed E-state index contributed by atoms with van der Waals surface area (Å²) in [6.07, 6.45) is -0.900. The molecule has 0 aliphatic heterocycles. The average Bonchev–Trinajstić information content (AvgIpc) is 2.66. The summed E-state index contributed by atoms with van der Waals surface area (Å²) < 4.78 is 10.5. The van der Waals surface area contributed by atoms with Gasteiger partial charge in [0.25, 0.3) is 0 Å². The third kappa shape index (κ3) is 3.57. The molecular weight excluding hydrogens is 330 g/mol. The second-order valence-electron chi connectivity index (χ2n) is 5.97. The van der Waals surface area contributed by atoms with Crippen LogP contribution in [0.5, 0.6) is 5.75 Å². The number of hydrogen-bond acceptors (Lipinski definition) is 5. The summed E-state index contributed by atoms with van der Waals surface area (Å²) in [7, 11) is 1.56. The highest BCUT2D eigenvalue weighted by Gasteiger charge is 2.22. The Balaban J connectivity index is 1.82. The smallest absolute Gasteiger partial charge is 0.339 e. The number of nitrogens with zero attached hydrogens (tertiary/aromatic N) is 1. The molecule has 0 radical (unpaired) electrons. The molecule has 0 fully saturated rings. The minimum Gasteiger partial charge on any atom is -0.497 e. The van der Waals surface area contributed by atoms with E-state index in [4.69, 9.17) is 9.47 Å². The molecule has 3 rings (SSSR count). The van der Waals surface area contributed by atoms with Crippen molar-refractivity contribution < 1.29 is 19.1 Å². The summed E-state index contributed by atoms with van der Waals surface area (Å²) in [6.45, 7) is 3.38. The summed E-state index contributed by atoms with van der Waals surface area (Å²) in [4.78, 5) is 29.6. The largest absolute Gasteiger partial charge is 0.497 e. The molecule has 5 nitrogen and oxygen atoms in total. The van der Waals surface area contributed by atoms with Gasteiger partial charge in [-0.15, -0.1) is 0 Å². The van der Waals surface area contributed by atoms with Crippen molar-refractivity contribution in [3.63, 3.8) is 0 Å². The molecule has 0 saturated carbocycles. The summed E-state index contributed by atoms with van der Waals surface area (Å²) in [6, 6.07) is 15.7. The fraction of sp³-hybridized carbons (Fsp3) is 0.190. The topological polar surface area (TPSA) is 65.5 Å². The SMILES string of the molecule is COc1ccc(C(=O)[C@H](C)OC(=O)c2cc(C)nc3ccccc23)cc1. The molecule has 26 heavy (non-hydrogen) atoms. The molecule has 0 N–H and O–H groups in total. The zero-order valence-corrected chi connectivity index (χ0v) is 14.9. The first kappa shape index (κ1) is 17.6. The average molecular weight is 349 g/mol. The molecule has 5 heteroatoms. The lowest BCUT2D eigenvalue weighted by molar-refractivity contribution is 0.0320. The maximum atomic E-state index is 12.6. The van der Waals surface area contributed by atoms with E-state index in [1.165, 1.54) is 0 Å². The standard InChI is InChI=1S/C21H19NO4/c1-13-12-18(17-6-4-5-7-19(17)22-13)21(24)26-14(2)20(23)15-8-10-16(25-3)11-9-15/h4-12,14H,1-3H3/t14-/m0/s1. The van der Waals surface area contributed by atoms with Crippen LogP contribution in [0.1, 0.15) is 33.3 Å². The zero-order valence-electron chi connectivity index (χ0n) is 14.9. The molecule has 0 spiro atoms. The van der Waals surface area contributed by atoms with Crippen molar-refractivity contribution in [2.75, 3.05) is 7.11 Å². The number of pyridine rings is 1. The van der Waals surface area contributed by atoms with E-state index in [2.05, 4.69) is 4.98 Å². The fourth-order valence-electron chi connectivity index (χ4n) is 2.74. The van der Waals surface area contributed by atoms with Gasteiger partial charge in [-0.2, -0.15) is 0 Å². The lowest BCUT2D eigenvalue weighted by Gasteiger charge is -2.14. The Morgan fingerprint density at radius 3 is 2.42 bits per heavy atom. The molecule has 0 aliphatic rings. The number of fused-ring (bicyclic) bond motifs is 1. The Bertz CT molecular complexity index is 963. The molecule has 3 aromatic rings. The van der Waals surface area contributed by atoms with Gasteiger partial charge in [-0.1, -0.05) is 18.2 Å². The highest BCUT2D eigenvalue weighted by atomic mass is 16.5. The van der Waals surface area contributed by atoms with Crippen LogP contribution in [0, 0.1) is 6.92 Å². The van der Waals surface area contributed by atoms with Gasteiger partial charge in [-0.25, -0.2) is 4.79 Å². The van der Waals surface area contributed by atoms with Crippen LogP contribution >= 0.6 is 0 Å². The minimum absolute atomic E-state index is 0.268. The summed E-state index contributed by atoms with van der Waals surface area (Å²) in [5, 5.41) is 0.701. The summed E-state index contributed by atoms with van der Waals surface area (Å²) in [5.74, 6) is -0.151. The number of carbonyl (C=O) groups excluding carboxylic acids is 2. The number of carbonyl (C=O) groups is 2. The Morgan fingerprint density at radius 2 is 1.73 bits per heavy atom. The molecule has 1 heterocycles. The molecule has 1 atom stereocenters. The predicted molar refractivity (Wildman–Crippen MR) is 98.7 cm³/mol. The van der Waals surface area contributed by atoms with Gasteiger partial charge < -0.3 is 9.47 Å². The number of benzene rings is 2. The Hall–Kier alpha value is -3.21. The first-order chi connectivity index (χ1) is 12.5. The van der Waals surface area contributed by atoms with Gasteiger partial charge in [-0.3, -0.25) is 9.78 Å². The third-order valence-electron chi connectivity index (χ3n) is 4.09. The van der Waals surface area contributed by atoms with Gasteiger partial charge in [0.1, 0.15) is 5.75 Å².